The molecule has 0 saturated heterocycles. The maximum Gasteiger partial charge on any atom is 0.123 e. The highest BCUT2D eigenvalue weighted by molar-refractivity contribution is 5.87. The van der Waals surface area contributed by atoms with Crippen LogP contribution in [0.5, 0.6) is 5.75 Å². The fourth-order valence-corrected chi connectivity index (χ4v) is 3.53. The van der Waals surface area contributed by atoms with Gasteiger partial charge in [-0.1, -0.05) is 12.1 Å². The van der Waals surface area contributed by atoms with Crippen LogP contribution in [0, 0.1) is 5.82 Å². The van der Waals surface area contributed by atoms with Crippen molar-refractivity contribution in [3.05, 3.63) is 65.1 Å². The van der Waals surface area contributed by atoms with E-state index in [0.717, 1.165) is 37.2 Å². The van der Waals surface area contributed by atoms with Crippen molar-refractivity contribution < 1.29 is 9.13 Å². The molecule has 1 N–H and O–H groups in total. The molecule has 24 heavy (non-hydrogen) atoms. The Morgan fingerprint density at radius 2 is 1.88 bits per heavy atom. The van der Waals surface area contributed by atoms with E-state index < -0.39 is 0 Å². The molecule has 2 heterocycles. The van der Waals surface area contributed by atoms with Gasteiger partial charge < -0.3 is 14.6 Å². The number of ether oxygens (including phenoxy) is 1. The number of nitrogens with one attached hydrogen (secondary N) is 1. The largest absolute Gasteiger partial charge is 0.489 e. The van der Waals surface area contributed by atoms with E-state index >= 15 is 0 Å². The Kier molecular flexibility index (Phi) is 3.98. The van der Waals surface area contributed by atoms with Gasteiger partial charge in [0.2, 0.25) is 0 Å². The molecule has 0 bridgehead atoms. The van der Waals surface area contributed by atoms with Gasteiger partial charge in [-0.3, -0.25) is 0 Å². The fraction of sp³-hybridized carbons (Fsp3) is 0.300. The Balaban J connectivity index is 1.61. The van der Waals surface area contributed by atoms with Gasteiger partial charge in [0.15, 0.2) is 0 Å². The van der Waals surface area contributed by atoms with E-state index in [0.29, 0.717) is 6.61 Å². The standard InChI is InChI=1S/C20H21FN2O/c1-23-19-9-11-22-10-8-18(19)17-7-6-16(12-20(17)23)24-13-14-2-4-15(21)5-3-14/h2-7,12,22H,8-11,13H2,1H3. The molecular weight excluding hydrogens is 303 g/mol. The molecule has 3 aromatic rings. The molecule has 0 radical (unpaired) electrons. The highest BCUT2D eigenvalue weighted by Gasteiger charge is 2.17. The average molecular weight is 324 g/mol. The predicted octanol–water partition coefficient (Wildman–Crippen LogP) is 3.58. The summed E-state index contributed by atoms with van der Waals surface area (Å²) in [6.07, 6.45) is 2.13. The van der Waals surface area contributed by atoms with Crippen LogP contribution in [0.2, 0.25) is 0 Å². The molecular formula is C20H21FN2O. The van der Waals surface area contributed by atoms with Gasteiger partial charge >= 0.3 is 0 Å². The fourth-order valence-electron chi connectivity index (χ4n) is 3.53. The van der Waals surface area contributed by atoms with E-state index in [2.05, 4.69) is 29.1 Å². The Morgan fingerprint density at radius 3 is 2.71 bits per heavy atom. The number of hydrogen-bond acceptors (Lipinski definition) is 2. The van der Waals surface area contributed by atoms with Gasteiger partial charge in [-0.2, -0.15) is 0 Å². The molecule has 0 aliphatic carbocycles. The summed E-state index contributed by atoms with van der Waals surface area (Å²) in [7, 11) is 2.14. The topological polar surface area (TPSA) is 26.2 Å². The third kappa shape index (κ3) is 2.78. The van der Waals surface area contributed by atoms with Crippen molar-refractivity contribution in [3.63, 3.8) is 0 Å². The van der Waals surface area contributed by atoms with Gasteiger partial charge in [-0.25, -0.2) is 4.39 Å². The Labute approximate surface area is 141 Å². The van der Waals surface area contributed by atoms with E-state index in [-0.39, 0.29) is 5.82 Å². The lowest BCUT2D eigenvalue weighted by Gasteiger charge is -2.08. The second-order valence-electron chi connectivity index (χ2n) is 6.33. The molecule has 4 rings (SSSR count). The number of nitrogens with zero attached hydrogens (tertiary/aromatic N) is 1. The lowest BCUT2D eigenvalue weighted by atomic mass is 10.1. The highest BCUT2D eigenvalue weighted by atomic mass is 19.1. The van der Waals surface area contributed by atoms with Gasteiger partial charge in [0.05, 0.1) is 5.52 Å². The molecule has 0 amide bonds. The Hall–Kier alpha value is -2.33. The van der Waals surface area contributed by atoms with Crippen molar-refractivity contribution in [2.45, 2.75) is 19.4 Å². The summed E-state index contributed by atoms with van der Waals surface area (Å²) in [6, 6.07) is 12.7. The van der Waals surface area contributed by atoms with E-state index in [1.165, 1.54) is 34.3 Å². The Bertz CT molecular complexity index is 867. The van der Waals surface area contributed by atoms with Crippen LogP contribution in [0.4, 0.5) is 4.39 Å². The van der Waals surface area contributed by atoms with Crippen LogP contribution in [-0.2, 0) is 26.5 Å². The normalized spacial score (nSPS) is 14.4. The maximum atomic E-state index is 13.0. The summed E-state index contributed by atoms with van der Waals surface area (Å²) in [6.45, 7) is 2.51. The second-order valence-corrected chi connectivity index (χ2v) is 6.33. The van der Waals surface area contributed by atoms with Crippen LogP contribution >= 0.6 is 0 Å². The minimum Gasteiger partial charge on any atom is -0.489 e. The van der Waals surface area contributed by atoms with Gasteiger partial charge in [0, 0.05) is 37.2 Å². The van der Waals surface area contributed by atoms with Crippen LogP contribution in [0.1, 0.15) is 16.8 Å². The highest BCUT2D eigenvalue weighted by Crippen LogP contribution is 2.30. The van der Waals surface area contributed by atoms with Gasteiger partial charge in [-0.05, 0) is 48.4 Å². The van der Waals surface area contributed by atoms with E-state index in [1.807, 2.05) is 6.07 Å². The molecule has 4 heteroatoms. The maximum absolute atomic E-state index is 13.0. The summed E-state index contributed by atoms with van der Waals surface area (Å²) in [5.74, 6) is 0.626. The molecule has 0 unspecified atom stereocenters. The number of hydrogen-bond donors (Lipinski definition) is 1. The van der Waals surface area contributed by atoms with Crippen molar-refractivity contribution in [1.82, 2.24) is 9.88 Å². The number of rotatable bonds is 3. The molecule has 0 saturated carbocycles. The zero-order valence-corrected chi connectivity index (χ0v) is 13.8. The zero-order chi connectivity index (χ0) is 16.5. The summed E-state index contributed by atoms with van der Waals surface area (Å²) in [4.78, 5) is 0. The number of halogens is 1. The van der Waals surface area contributed by atoms with E-state index in [1.54, 1.807) is 12.1 Å². The third-order valence-electron chi connectivity index (χ3n) is 4.82. The monoisotopic (exact) mass is 324 g/mol. The number of benzene rings is 2. The minimum atomic E-state index is -0.222. The van der Waals surface area contributed by atoms with Crippen molar-refractivity contribution in [2.24, 2.45) is 7.05 Å². The third-order valence-corrected chi connectivity index (χ3v) is 4.82. The average Bonchev–Trinajstić information content (AvgIpc) is 2.77. The zero-order valence-electron chi connectivity index (χ0n) is 13.8. The first kappa shape index (κ1) is 15.2. The molecule has 0 atom stereocenters. The summed E-state index contributed by atoms with van der Waals surface area (Å²) in [5, 5.41) is 4.79. The van der Waals surface area contributed by atoms with E-state index in [9.17, 15) is 4.39 Å². The molecule has 124 valence electrons. The van der Waals surface area contributed by atoms with Crippen molar-refractivity contribution in [2.75, 3.05) is 13.1 Å². The number of aromatic nitrogens is 1. The molecule has 0 fully saturated rings. The first-order valence-electron chi connectivity index (χ1n) is 8.40. The van der Waals surface area contributed by atoms with E-state index in [4.69, 9.17) is 4.74 Å². The van der Waals surface area contributed by atoms with Crippen LogP contribution in [-0.4, -0.2) is 17.7 Å². The van der Waals surface area contributed by atoms with Gasteiger partial charge in [0.1, 0.15) is 18.2 Å². The van der Waals surface area contributed by atoms with Crippen molar-refractivity contribution in [3.8, 4) is 5.75 Å². The smallest absolute Gasteiger partial charge is 0.123 e. The summed E-state index contributed by atoms with van der Waals surface area (Å²) >= 11 is 0. The van der Waals surface area contributed by atoms with Crippen LogP contribution in [0.25, 0.3) is 10.9 Å². The van der Waals surface area contributed by atoms with Crippen molar-refractivity contribution >= 4 is 10.9 Å². The Morgan fingerprint density at radius 1 is 1.08 bits per heavy atom. The van der Waals surface area contributed by atoms with Crippen molar-refractivity contribution in [1.29, 1.82) is 0 Å². The molecule has 1 aromatic heterocycles. The van der Waals surface area contributed by atoms with Crippen LogP contribution < -0.4 is 10.1 Å². The SMILES string of the molecule is Cn1c2c(c3ccc(OCc4ccc(F)cc4)cc31)CCNCC2. The quantitative estimate of drug-likeness (QED) is 0.797. The number of fused-ring (bicyclic) bond motifs is 3. The number of aryl methyl sites for hydroxylation is 1. The lowest BCUT2D eigenvalue weighted by molar-refractivity contribution is 0.306. The van der Waals surface area contributed by atoms with Crippen LogP contribution in [0.3, 0.4) is 0 Å². The van der Waals surface area contributed by atoms with Crippen LogP contribution in [0.15, 0.2) is 42.5 Å². The molecule has 1 aliphatic heterocycles. The second kappa shape index (κ2) is 6.29. The first-order valence-corrected chi connectivity index (χ1v) is 8.40. The first-order chi connectivity index (χ1) is 11.7. The molecule has 2 aromatic carbocycles. The lowest BCUT2D eigenvalue weighted by Crippen LogP contribution is -2.17. The summed E-state index contributed by atoms with van der Waals surface area (Å²) in [5.41, 5.74) is 5.07. The van der Waals surface area contributed by atoms with Gasteiger partial charge in [-0.15, -0.1) is 0 Å². The molecule has 0 spiro atoms. The summed E-state index contributed by atoms with van der Waals surface area (Å²) < 4.78 is 21.2. The predicted molar refractivity (Wildman–Crippen MR) is 93.9 cm³/mol. The van der Waals surface area contributed by atoms with Gasteiger partial charge in [0.25, 0.3) is 0 Å². The molecule has 3 nitrogen and oxygen atoms in total. The molecule has 1 aliphatic rings. The minimum absolute atomic E-state index is 0.222.